The van der Waals surface area contributed by atoms with Crippen molar-refractivity contribution in [3.8, 4) is 0 Å². The highest BCUT2D eigenvalue weighted by molar-refractivity contribution is 9.10. The van der Waals surface area contributed by atoms with Crippen LogP contribution in [0.5, 0.6) is 0 Å². The monoisotopic (exact) mass is 371 g/mol. The lowest BCUT2D eigenvalue weighted by molar-refractivity contribution is -0.131. The van der Waals surface area contributed by atoms with Crippen molar-refractivity contribution in [1.82, 2.24) is 10.2 Å². The topological polar surface area (TPSA) is 75.4 Å². The normalized spacial score (nSPS) is 17.6. The third kappa shape index (κ3) is 4.04. The van der Waals surface area contributed by atoms with Gasteiger partial charge in [-0.1, -0.05) is 0 Å². The minimum absolute atomic E-state index is 0.00782. The van der Waals surface area contributed by atoms with Crippen LogP contribution in [-0.4, -0.2) is 42.4 Å². The highest BCUT2D eigenvalue weighted by Gasteiger charge is 2.27. The zero-order chi connectivity index (χ0) is 16.1. The zero-order valence-electron chi connectivity index (χ0n) is 12.1. The van der Waals surface area contributed by atoms with Crippen LogP contribution in [0, 0.1) is 5.82 Å². The number of likely N-dealkylation sites (tertiary alicyclic amines) is 1. The molecule has 1 heterocycles. The predicted octanol–water partition coefficient (Wildman–Crippen LogP) is 1.66. The number of nitrogens with zero attached hydrogens (tertiary/aromatic N) is 1. The number of nitrogens with two attached hydrogens (primary N) is 1. The van der Waals surface area contributed by atoms with Crippen LogP contribution in [0.1, 0.15) is 29.6 Å². The summed E-state index contributed by atoms with van der Waals surface area (Å²) in [5.74, 6) is -0.894. The quantitative estimate of drug-likeness (QED) is 0.826. The molecule has 1 unspecified atom stereocenters. The van der Waals surface area contributed by atoms with Crippen LogP contribution in [0.25, 0.3) is 0 Å². The number of hydrogen-bond acceptors (Lipinski definition) is 3. The molecule has 1 aliphatic heterocycles. The summed E-state index contributed by atoms with van der Waals surface area (Å²) in [6, 6.07) is 4.02. The van der Waals surface area contributed by atoms with E-state index in [1.54, 1.807) is 4.90 Å². The molecule has 2 amide bonds. The highest BCUT2D eigenvalue weighted by Crippen LogP contribution is 2.18. The Labute approximate surface area is 137 Å². The molecule has 1 aromatic carbocycles. The van der Waals surface area contributed by atoms with Crippen LogP contribution >= 0.6 is 15.9 Å². The van der Waals surface area contributed by atoms with E-state index in [2.05, 4.69) is 21.2 Å². The maximum atomic E-state index is 13.2. The number of hydrogen-bond donors (Lipinski definition) is 2. The van der Waals surface area contributed by atoms with Crippen molar-refractivity contribution in [1.29, 1.82) is 0 Å². The first-order valence-corrected chi connectivity index (χ1v) is 8.05. The van der Waals surface area contributed by atoms with Crippen molar-refractivity contribution < 1.29 is 14.0 Å². The lowest BCUT2D eigenvalue weighted by atomic mass is 10.2. The van der Waals surface area contributed by atoms with Crippen LogP contribution in [0.4, 0.5) is 4.39 Å². The van der Waals surface area contributed by atoms with E-state index in [9.17, 15) is 14.0 Å². The van der Waals surface area contributed by atoms with Crippen molar-refractivity contribution in [2.45, 2.75) is 25.3 Å². The van der Waals surface area contributed by atoms with Gasteiger partial charge < -0.3 is 16.0 Å². The molecule has 0 radical (unpaired) electrons. The van der Waals surface area contributed by atoms with Gasteiger partial charge in [0.15, 0.2) is 0 Å². The van der Waals surface area contributed by atoms with Gasteiger partial charge in [0.25, 0.3) is 5.91 Å². The molecular formula is C15H19BrFN3O2. The number of nitrogens with one attached hydrogen (secondary N) is 1. The molecule has 7 heteroatoms. The molecule has 1 aromatic rings. The van der Waals surface area contributed by atoms with E-state index in [0.717, 1.165) is 25.5 Å². The molecule has 0 spiro atoms. The van der Waals surface area contributed by atoms with Crippen molar-refractivity contribution in [3.63, 3.8) is 0 Å². The SMILES string of the molecule is NCC1CCCN1C(=O)CCNC(=O)c1cc(F)ccc1Br. The van der Waals surface area contributed by atoms with Crippen LogP contribution in [0.2, 0.25) is 0 Å². The van der Waals surface area contributed by atoms with Gasteiger partial charge >= 0.3 is 0 Å². The fourth-order valence-corrected chi connectivity index (χ4v) is 3.03. The second-order valence-corrected chi connectivity index (χ2v) is 6.10. The van der Waals surface area contributed by atoms with E-state index in [-0.39, 0.29) is 30.5 Å². The van der Waals surface area contributed by atoms with Gasteiger partial charge in [-0.2, -0.15) is 0 Å². The summed E-state index contributed by atoms with van der Waals surface area (Å²) in [5.41, 5.74) is 5.86. The third-order valence-electron chi connectivity index (χ3n) is 3.77. The number of carbonyl (C=O) groups is 2. The molecule has 2 rings (SSSR count). The molecule has 5 nitrogen and oxygen atoms in total. The molecule has 1 atom stereocenters. The summed E-state index contributed by atoms with van der Waals surface area (Å²) in [5, 5.41) is 2.64. The number of amides is 2. The molecule has 3 N–H and O–H groups in total. The van der Waals surface area contributed by atoms with E-state index in [1.165, 1.54) is 12.1 Å². The molecule has 0 bridgehead atoms. The van der Waals surface area contributed by atoms with Crippen molar-refractivity contribution >= 4 is 27.7 Å². The average molecular weight is 372 g/mol. The van der Waals surface area contributed by atoms with Crippen LogP contribution in [0.15, 0.2) is 22.7 Å². The minimum atomic E-state index is -0.479. The smallest absolute Gasteiger partial charge is 0.252 e. The van der Waals surface area contributed by atoms with Crippen molar-refractivity contribution in [2.24, 2.45) is 5.73 Å². The molecule has 0 saturated carbocycles. The number of rotatable bonds is 5. The standard InChI is InChI=1S/C15H19BrFN3O2/c16-13-4-3-10(17)8-12(13)15(22)19-6-5-14(21)20-7-1-2-11(20)9-18/h3-4,8,11H,1-2,5-7,9,18H2,(H,19,22). The summed E-state index contributed by atoms with van der Waals surface area (Å²) in [7, 11) is 0. The average Bonchev–Trinajstić information content (AvgIpc) is 2.98. The molecular weight excluding hydrogens is 353 g/mol. The van der Waals surface area contributed by atoms with Crippen LogP contribution < -0.4 is 11.1 Å². The Kier molecular flexibility index (Phi) is 5.90. The van der Waals surface area contributed by atoms with E-state index in [0.29, 0.717) is 11.0 Å². The molecule has 1 aliphatic rings. The van der Waals surface area contributed by atoms with E-state index in [4.69, 9.17) is 5.73 Å². The Hall–Kier alpha value is -1.47. The molecule has 120 valence electrons. The second-order valence-electron chi connectivity index (χ2n) is 5.25. The van der Waals surface area contributed by atoms with Gasteiger partial charge in [0.05, 0.1) is 5.56 Å². The summed E-state index contributed by atoms with van der Waals surface area (Å²) in [4.78, 5) is 25.9. The second kappa shape index (κ2) is 7.69. The molecule has 1 saturated heterocycles. The van der Waals surface area contributed by atoms with Gasteiger partial charge in [-0.05, 0) is 47.0 Å². The lowest BCUT2D eigenvalue weighted by Crippen LogP contribution is -2.41. The number of halogens is 2. The van der Waals surface area contributed by atoms with Gasteiger partial charge in [-0.25, -0.2) is 4.39 Å². The molecule has 1 fully saturated rings. The Morgan fingerprint density at radius 2 is 2.23 bits per heavy atom. The summed E-state index contributed by atoms with van der Waals surface area (Å²) in [6.45, 7) is 1.41. The zero-order valence-corrected chi connectivity index (χ0v) is 13.7. The van der Waals surface area contributed by atoms with Gasteiger partial charge in [-0.3, -0.25) is 9.59 Å². The lowest BCUT2D eigenvalue weighted by Gasteiger charge is -2.23. The Bertz CT molecular complexity index is 568. The molecule has 22 heavy (non-hydrogen) atoms. The van der Waals surface area contributed by atoms with Crippen molar-refractivity contribution in [2.75, 3.05) is 19.6 Å². The first-order valence-electron chi connectivity index (χ1n) is 7.25. The summed E-state index contributed by atoms with van der Waals surface area (Å²) >= 11 is 3.21. The predicted molar refractivity (Wildman–Crippen MR) is 84.8 cm³/mol. The van der Waals surface area contributed by atoms with Crippen LogP contribution in [-0.2, 0) is 4.79 Å². The fourth-order valence-electron chi connectivity index (χ4n) is 2.60. The summed E-state index contributed by atoms with van der Waals surface area (Å²) < 4.78 is 13.7. The number of carbonyl (C=O) groups excluding carboxylic acids is 2. The Morgan fingerprint density at radius 3 is 2.95 bits per heavy atom. The van der Waals surface area contributed by atoms with Gasteiger partial charge in [0.2, 0.25) is 5.91 Å². The van der Waals surface area contributed by atoms with E-state index in [1.807, 2.05) is 0 Å². The van der Waals surface area contributed by atoms with E-state index >= 15 is 0 Å². The number of benzene rings is 1. The molecule has 0 aromatic heterocycles. The van der Waals surface area contributed by atoms with E-state index < -0.39 is 11.7 Å². The van der Waals surface area contributed by atoms with Crippen LogP contribution in [0.3, 0.4) is 0 Å². The van der Waals surface area contributed by atoms with Crippen molar-refractivity contribution in [3.05, 3.63) is 34.1 Å². The fraction of sp³-hybridized carbons (Fsp3) is 0.467. The maximum Gasteiger partial charge on any atom is 0.252 e. The summed E-state index contributed by atoms with van der Waals surface area (Å²) in [6.07, 6.45) is 2.12. The maximum absolute atomic E-state index is 13.2. The van der Waals surface area contributed by atoms with Gasteiger partial charge in [0, 0.05) is 36.6 Å². The highest BCUT2D eigenvalue weighted by atomic mass is 79.9. The van der Waals surface area contributed by atoms with Gasteiger partial charge in [-0.15, -0.1) is 0 Å². The first-order chi connectivity index (χ1) is 10.5. The minimum Gasteiger partial charge on any atom is -0.351 e. The Balaban J connectivity index is 1.84. The Morgan fingerprint density at radius 1 is 1.45 bits per heavy atom. The first kappa shape index (κ1) is 16.9. The molecule has 0 aliphatic carbocycles. The van der Waals surface area contributed by atoms with Gasteiger partial charge in [0.1, 0.15) is 5.82 Å². The largest absolute Gasteiger partial charge is 0.351 e. The third-order valence-corrected chi connectivity index (χ3v) is 4.46.